The normalized spacial score (nSPS) is 19.4. The van der Waals surface area contributed by atoms with Crippen LogP contribution in [0.1, 0.15) is 29.5 Å². The summed E-state index contributed by atoms with van der Waals surface area (Å²) in [6.07, 6.45) is 1.10. The van der Waals surface area contributed by atoms with Gasteiger partial charge in [-0.1, -0.05) is 6.07 Å². The molecule has 3 aromatic heterocycles. The van der Waals surface area contributed by atoms with Gasteiger partial charge in [0, 0.05) is 43.5 Å². The highest BCUT2D eigenvalue weighted by atomic mass is 16.5. The fourth-order valence-electron chi connectivity index (χ4n) is 4.70. The van der Waals surface area contributed by atoms with Crippen LogP contribution in [-0.2, 0) is 16.0 Å². The highest BCUT2D eigenvalue weighted by molar-refractivity contribution is 6.05. The number of piperazine rings is 1. The summed E-state index contributed by atoms with van der Waals surface area (Å²) >= 11 is 0. The molecule has 2 N–H and O–H groups in total. The van der Waals surface area contributed by atoms with Crippen LogP contribution in [0.4, 0.5) is 17.3 Å². The van der Waals surface area contributed by atoms with Gasteiger partial charge in [0.25, 0.3) is 0 Å². The summed E-state index contributed by atoms with van der Waals surface area (Å²) in [5, 5.41) is 11.6. The van der Waals surface area contributed by atoms with Gasteiger partial charge in [0.1, 0.15) is 22.7 Å². The average Bonchev–Trinajstić information content (AvgIpc) is 3.53. The number of nitrogens with zero attached hydrogens (tertiary/aromatic N) is 5. The summed E-state index contributed by atoms with van der Waals surface area (Å²) in [6.45, 7) is 7.28. The second-order valence-corrected chi connectivity index (χ2v) is 8.42. The summed E-state index contributed by atoms with van der Waals surface area (Å²) in [5.74, 6) is 1.03. The Morgan fingerprint density at radius 3 is 2.91 bits per heavy atom. The van der Waals surface area contributed by atoms with Crippen molar-refractivity contribution in [3.63, 3.8) is 0 Å². The van der Waals surface area contributed by atoms with Crippen molar-refractivity contribution in [1.82, 2.24) is 25.1 Å². The zero-order valence-corrected chi connectivity index (χ0v) is 19.2. The Bertz CT molecular complexity index is 1180. The SMILES string of the molecule is CCOCCn1nc(C(=O)OC)c2nc(N3C[C@@H]4C[C@H]3CN4)cc(Nc3cccc(C)n3)c21. The number of hydrogen-bond acceptors (Lipinski definition) is 9. The van der Waals surface area contributed by atoms with E-state index in [1.54, 1.807) is 4.68 Å². The van der Waals surface area contributed by atoms with E-state index in [-0.39, 0.29) is 5.69 Å². The maximum absolute atomic E-state index is 12.6. The van der Waals surface area contributed by atoms with E-state index >= 15 is 0 Å². The number of esters is 1. The third kappa shape index (κ3) is 4.11. The Morgan fingerprint density at radius 1 is 1.33 bits per heavy atom. The number of methoxy groups -OCH3 is 1. The number of aryl methyl sites for hydroxylation is 1. The van der Waals surface area contributed by atoms with Gasteiger partial charge in [-0.15, -0.1) is 0 Å². The van der Waals surface area contributed by atoms with E-state index in [1.165, 1.54) is 7.11 Å². The summed E-state index contributed by atoms with van der Waals surface area (Å²) in [4.78, 5) is 24.5. The van der Waals surface area contributed by atoms with E-state index in [0.717, 1.165) is 48.0 Å². The van der Waals surface area contributed by atoms with E-state index in [9.17, 15) is 4.79 Å². The molecule has 5 heterocycles. The molecule has 0 aliphatic carbocycles. The number of carbonyl (C=O) groups is 1. The number of hydrogen-bond donors (Lipinski definition) is 2. The third-order valence-corrected chi connectivity index (χ3v) is 6.21. The zero-order valence-electron chi connectivity index (χ0n) is 19.2. The van der Waals surface area contributed by atoms with Crippen LogP contribution in [0.25, 0.3) is 11.0 Å². The molecule has 5 rings (SSSR count). The molecule has 174 valence electrons. The molecular formula is C23H29N7O3. The smallest absolute Gasteiger partial charge is 0.360 e. The van der Waals surface area contributed by atoms with Gasteiger partial charge >= 0.3 is 5.97 Å². The number of anilines is 3. The Morgan fingerprint density at radius 2 is 2.21 bits per heavy atom. The zero-order chi connectivity index (χ0) is 22.9. The number of nitrogens with one attached hydrogen (secondary N) is 2. The van der Waals surface area contributed by atoms with E-state index in [1.807, 2.05) is 38.1 Å². The summed E-state index contributed by atoms with van der Waals surface area (Å²) in [6, 6.07) is 8.72. The summed E-state index contributed by atoms with van der Waals surface area (Å²) < 4.78 is 12.3. The van der Waals surface area contributed by atoms with Crippen molar-refractivity contribution in [3.8, 4) is 0 Å². The average molecular weight is 452 g/mol. The van der Waals surface area contributed by atoms with Gasteiger partial charge in [0.15, 0.2) is 5.69 Å². The van der Waals surface area contributed by atoms with Crippen molar-refractivity contribution < 1.29 is 14.3 Å². The van der Waals surface area contributed by atoms with Crippen LogP contribution in [0.5, 0.6) is 0 Å². The van der Waals surface area contributed by atoms with Crippen LogP contribution in [-0.4, -0.2) is 71.2 Å². The minimum absolute atomic E-state index is 0.202. The topological polar surface area (TPSA) is 106 Å². The molecule has 0 amide bonds. The van der Waals surface area contributed by atoms with Gasteiger partial charge in [-0.05, 0) is 32.4 Å². The fraction of sp³-hybridized carbons (Fsp3) is 0.478. The first kappa shape index (κ1) is 21.6. The van der Waals surface area contributed by atoms with Gasteiger partial charge in [-0.2, -0.15) is 5.10 Å². The van der Waals surface area contributed by atoms with Gasteiger partial charge < -0.3 is 25.0 Å². The molecule has 2 aliphatic rings. The monoisotopic (exact) mass is 451 g/mol. The molecule has 10 nitrogen and oxygen atoms in total. The van der Waals surface area contributed by atoms with Crippen molar-refractivity contribution in [2.24, 2.45) is 0 Å². The lowest BCUT2D eigenvalue weighted by atomic mass is 10.2. The number of pyridine rings is 2. The minimum Gasteiger partial charge on any atom is -0.464 e. The number of ether oxygens (including phenoxy) is 2. The lowest BCUT2D eigenvalue weighted by molar-refractivity contribution is 0.0594. The van der Waals surface area contributed by atoms with Crippen LogP contribution < -0.4 is 15.5 Å². The van der Waals surface area contributed by atoms with Crippen LogP contribution in [0, 0.1) is 6.92 Å². The molecule has 0 aromatic carbocycles. The molecule has 10 heteroatoms. The van der Waals surface area contributed by atoms with Crippen LogP contribution in [0.3, 0.4) is 0 Å². The summed E-state index contributed by atoms with van der Waals surface area (Å²) in [5.41, 5.74) is 3.15. The van der Waals surface area contributed by atoms with Crippen molar-refractivity contribution >= 4 is 34.3 Å². The van der Waals surface area contributed by atoms with E-state index in [2.05, 4.69) is 25.6 Å². The van der Waals surface area contributed by atoms with Crippen LogP contribution in [0.2, 0.25) is 0 Å². The van der Waals surface area contributed by atoms with Crippen molar-refractivity contribution in [1.29, 1.82) is 0 Å². The Hall–Kier alpha value is -3.24. The first-order chi connectivity index (χ1) is 16.1. The molecular weight excluding hydrogens is 422 g/mol. The Kier molecular flexibility index (Phi) is 5.86. The van der Waals surface area contributed by atoms with Gasteiger partial charge in [-0.3, -0.25) is 4.68 Å². The number of rotatable bonds is 8. The number of aromatic nitrogens is 4. The van der Waals surface area contributed by atoms with Crippen LogP contribution in [0.15, 0.2) is 24.3 Å². The molecule has 0 radical (unpaired) electrons. The predicted octanol–water partition coefficient (Wildman–Crippen LogP) is 2.25. The fourth-order valence-corrected chi connectivity index (χ4v) is 4.70. The Labute approximate surface area is 192 Å². The first-order valence-electron chi connectivity index (χ1n) is 11.4. The summed E-state index contributed by atoms with van der Waals surface area (Å²) in [7, 11) is 1.36. The lowest BCUT2D eigenvalue weighted by Gasteiger charge is -2.29. The molecule has 2 fully saturated rings. The number of fused-ring (bicyclic) bond motifs is 3. The second-order valence-electron chi connectivity index (χ2n) is 8.42. The third-order valence-electron chi connectivity index (χ3n) is 6.21. The predicted molar refractivity (Wildman–Crippen MR) is 125 cm³/mol. The largest absolute Gasteiger partial charge is 0.464 e. The highest BCUT2D eigenvalue weighted by Gasteiger charge is 2.39. The maximum atomic E-state index is 12.6. The molecule has 2 saturated heterocycles. The lowest BCUT2D eigenvalue weighted by Crippen LogP contribution is -2.44. The van der Waals surface area contributed by atoms with Gasteiger partial charge in [-0.25, -0.2) is 14.8 Å². The van der Waals surface area contributed by atoms with E-state index in [4.69, 9.17) is 14.5 Å². The molecule has 3 aromatic rings. The molecule has 0 unspecified atom stereocenters. The molecule has 0 spiro atoms. The quantitative estimate of drug-likeness (QED) is 0.394. The molecule has 2 bridgehead atoms. The van der Waals surface area contributed by atoms with E-state index in [0.29, 0.717) is 37.4 Å². The maximum Gasteiger partial charge on any atom is 0.360 e. The van der Waals surface area contributed by atoms with Gasteiger partial charge in [0.2, 0.25) is 0 Å². The molecule has 0 saturated carbocycles. The van der Waals surface area contributed by atoms with E-state index < -0.39 is 5.97 Å². The Balaban J connectivity index is 1.65. The van der Waals surface area contributed by atoms with Crippen molar-refractivity contribution in [3.05, 3.63) is 35.7 Å². The standard InChI is InChI=1S/C23H29N7O3/c1-4-33-9-8-30-22-17(26-18-7-5-6-14(2)25-18)11-19(29-13-15-10-16(29)12-24-15)27-20(22)21(28-30)23(31)32-3/h5-7,11,15-16,24H,4,8-10,12-13H2,1-3H3,(H,25,26,27)/t15-,16-/m0/s1. The van der Waals surface area contributed by atoms with Crippen molar-refractivity contribution in [2.45, 2.75) is 38.9 Å². The van der Waals surface area contributed by atoms with Crippen molar-refractivity contribution in [2.75, 3.05) is 43.6 Å². The number of carbonyl (C=O) groups excluding carboxylic acids is 1. The minimum atomic E-state index is -0.510. The van der Waals surface area contributed by atoms with Crippen LogP contribution >= 0.6 is 0 Å². The second kappa shape index (κ2) is 8.95. The first-order valence-corrected chi connectivity index (χ1v) is 11.4. The molecule has 33 heavy (non-hydrogen) atoms. The highest BCUT2D eigenvalue weighted by Crippen LogP contribution is 2.35. The molecule has 2 atom stereocenters. The van der Waals surface area contributed by atoms with Gasteiger partial charge in [0.05, 0.1) is 25.9 Å². The molecule has 2 aliphatic heterocycles.